The molecule has 0 aliphatic rings. The average molecular weight is 228 g/mol. The van der Waals surface area contributed by atoms with Gasteiger partial charge >= 0.3 is 5.97 Å². The van der Waals surface area contributed by atoms with Gasteiger partial charge in [-0.3, -0.25) is 0 Å². The van der Waals surface area contributed by atoms with Crippen molar-refractivity contribution in [3.63, 3.8) is 0 Å². The van der Waals surface area contributed by atoms with Crippen LogP contribution in [0.25, 0.3) is 0 Å². The number of carboxylic acid groups (broad SMARTS) is 1. The van der Waals surface area contributed by atoms with Crippen molar-refractivity contribution in [2.24, 2.45) is 5.41 Å². The molecule has 0 amide bonds. The molecule has 15 heavy (non-hydrogen) atoms. The van der Waals surface area contributed by atoms with E-state index in [0.29, 0.717) is 6.42 Å². The Kier molecular flexibility index (Phi) is 3.52. The topological polar surface area (TPSA) is 57.5 Å². The third kappa shape index (κ3) is 3.64. The van der Waals surface area contributed by atoms with Gasteiger partial charge in [0.15, 0.2) is 0 Å². The fraction of sp³-hybridized carbons (Fsp3) is 0.545. The van der Waals surface area contributed by atoms with Gasteiger partial charge in [-0.15, -0.1) is 11.3 Å². The number of carboxylic acids is 1. The molecule has 0 saturated heterocycles. The molecular formula is C11H16O3S. The molecule has 0 saturated carbocycles. The van der Waals surface area contributed by atoms with Crippen molar-refractivity contribution in [3.8, 4) is 0 Å². The predicted molar refractivity (Wildman–Crippen MR) is 60.3 cm³/mol. The van der Waals surface area contributed by atoms with Gasteiger partial charge in [-0.1, -0.05) is 20.8 Å². The molecule has 1 rings (SSSR count). The minimum absolute atomic E-state index is 0.0345. The number of thiophene rings is 1. The van der Waals surface area contributed by atoms with Crippen LogP contribution < -0.4 is 0 Å². The molecule has 3 nitrogen and oxygen atoms in total. The lowest BCUT2D eigenvalue weighted by atomic mass is 9.89. The molecule has 0 aliphatic carbocycles. The van der Waals surface area contributed by atoms with Gasteiger partial charge in [0.05, 0.1) is 11.7 Å². The molecular weight excluding hydrogens is 212 g/mol. The predicted octanol–water partition coefficient (Wildman–Crippen LogP) is 2.92. The van der Waals surface area contributed by atoms with Crippen LogP contribution in [0.2, 0.25) is 0 Å². The Labute approximate surface area is 93.4 Å². The van der Waals surface area contributed by atoms with E-state index >= 15 is 0 Å². The molecule has 1 heterocycles. The van der Waals surface area contributed by atoms with E-state index in [-0.39, 0.29) is 11.0 Å². The van der Waals surface area contributed by atoms with Gasteiger partial charge in [-0.2, -0.15) is 0 Å². The Morgan fingerprint density at radius 2 is 2.13 bits per heavy atom. The molecule has 0 spiro atoms. The molecule has 1 aromatic heterocycles. The fourth-order valence-electron chi connectivity index (χ4n) is 1.32. The number of carbonyl (C=O) groups is 1. The highest BCUT2D eigenvalue weighted by atomic mass is 32.1. The Balaban J connectivity index is 2.74. The molecule has 2 N–H and O–H groups in total. The summed E-state index contributed by atoms with van der Waals surface area (Å²) in [5, 5.41) is 20.2. The first-order valence-electron chi connectivity index (χ1n) is 4.79. The van der Waals surface area contributed by atoms with E-state index in [0.717, 1.165) is 4.88 Å². The van der Waals surface area contributed by atoms with Gasteiger partial charge < -0.3 is 10.2 Å². The first kappa shape index (κ1) is 12.2. The van der Waals surface area contributed by atoms with Crippen LogP contribution in [0.15, 0.2) is 11.4 Å². The van der Waals surface area contributed by atoms with Crippen LogP contribution in [-0.2, 0) is 0 Å². The summed E-state index contributed by atoms with van der Waals surface area (Å²) in [5.74, 6) is -0.944. The van der Waals surface area contributed by atoms with Crippen molar-refractivity contribution < 1.29 is 15.0 Å². The van der Waals surface area contributed by atoms with Crippen molar-refractivity contribution in [1.82, 2.24) is 0 Å². The van der Waals surface area contributed by atoms with Crippen molar-refractivity contribution in [2.45, 2.75) is 33.3 Å². The summed E-state index contributed by atoms with van der Waals surface area (Å²) in [6, 6.07) is 1.55. The van der Waals surface area contributed by atoms with Gasteiger partial charge in [-0.05, 0) is 17.9 Å². The van der Waals surface area contributed by atoms with Crippen LogP contribution in [0.4, 0.5) is 0 Å². The Morgan fingerprint density at radius 3 is 2.53 bits per heavy atom. The summed E-state index contributed by atoms with van der Waals surface area (Å²) < 4.78 is 0. The number of aliphatic hydroxyl groups is 1. The van der Waals surface area contributed by atoms with E-state index in [4.69, 9.17) is 5.11 Å². The monoisotopic (exact) mass is 228 g/mol. The molecule has 1 atom stereocenters. The Bertz CT molecular complexity index is 349. The third-order valence-electron chi connectivity index (χ3n) is 2.00. The summed E-state index contributed by atoms with van der Waals surface area (Å²) in [4.78, 5) is 11.4. The summed E-state index contributed by atoms with van der Waals surface area (Å²) in [6.07, 6.45) is 0.0649. The second-order valence-corrected chi connectivity index (χ2v) is 5.77. The second-order valence-electron chi connectivity index (χ2n) is 4.82. The summed E-state index contributed by atoms with van der Waals surface area (Å²) in [6.45, 7) is 6.13. The minimum Gasteiger partial charge on any atom is -0.478 e. The summed E-state index contributed by atoms with van der Waals surface area (Å²) >= 11 is 1.30. The van der Waals surface area contributed by atoms with Gasteiger partial charge in [0.2, 0.25) is 0 Å². The van der Waals surface area contributed by atoms with Gasteiger partial charge in [-0.25, -0.2) is 4.79 Å². The third-order valence-corrected chi connectivity index (χ3v) is 3.03. The average Bonchev–Trinajstić information content (AvgIpc) is 2.47. The lowest BCUT2D eigenvalue weighted by Crippen LogP contribution is -2.10. The normalized spacial score (nSPS) is 13.9. The highest BCUT2D eigenvalue weighted by molar-refractivity contribution is 7.10. The molecule has 0 aromatic carbocycles. The van der Waals surface area contributed by atoms with E-state index < -0.39 is 12.1 Å². The van der Waals surface area contributed by atoms with E-state index in [9.17, 15) is 9.90 Å². The van der Waals surface area contributed by atoms with Crippen LogP contribution in [0.3, 0.4) is 0 Å². The van der Waals surface area contributed by atoms with E-state index in [1.807, 2.05) is 20.8 Å². The lowest BCUT2D eigenvalue weighted by Gasteiger charge is -2.21. The SMILES string of the molecule is CC(C)(C)CC(O)c1cc(C(=O)O)cs1. The van der Waals surface area contributed by atoms with Crippen LogP contribution in [-0.4, -0.2) is 16.2 Å². The van der Waals surface area contributed by atoms with E-state index in [2.05, 4.69) is 0 Å². The fourth-order valence-corrected chi connectivity index (χ4v) is 2.19. The molecule has 0 fully saturated rings. The van der Waals surface area contributed by atoms with Crippen molar-refractivity contribution in [1.29, 1.82) is 0 Å². The van der Waals surface area contributed by atoms with E-state index in [1.54, 1.807) is 11.4 Å². The lowest BCUT2D eigenvalue weighted by molar-refractivity contribution is 0.0697. The van der Waals surface area contributed by atoms with Crippen LogP contribution in [0.1, 0.15) is 48.5 Å². The number of rotatable bonds is 3. The van der Waals surface area contributed by atoms with Crippen molar-refractivity contribution >= 4 is 17.3 Å². The quantitative estimate of drug-likeness (QED) is 0.836. The molecule has 1 aromatic rings. The maximum atomic E-state index is 10.6. The number of aliphatic hydroxyl groups excluding tert-OH is 1. The minimum atomic E-state index is -0.944. The van der Waals surface area contributed by atoms with Crippen LogP contribution >= 0.6 is 11.3 Å². The van der Waals surface area contributed by atoms with Crippen molar-refractivity contribution in [3.05, 3.63) is 21.9 Å². The number of aromatic carboxylic acids is 1. The second kappa shape index (κ2) is 4.33. The standard InChI is InChI=1S/C11H16O3S/c1-11(2,3)5-8(12)9-4-7(6-15-9)10(13)14/h4,6,8,12H,5H2,1-3H3,(H,13,14). The van der Waals surface area contributed by atoms with Crippen molar-refractivity contribution in [2.75, 3.05) is 0 Å². The van der Waals surface area contributed by atoms with Gasteiger partial charge in [0, 0.05) is 10.3 Å². The number of hydrogen-bond donors (Lipinski definition) is 2. The first-order chi connectivity index (χ1) is 6.79. The zero-order chi connectivity index (χ0) is 11.6. The van der Waals surface area contributed by atoms with Gasteiger partial charge in [0.25, 0.3) is 0 Å². The maximum absolute atomic E-state index is 10.6. The zero-order valence-electron chi connectivity index (χ0n) is 9.15. The van der Waals surface area contributed by atoms with E-state index in [1.165, 1.54) is 11.3 Å². The maximum Gasteiger partial charge on any atom is 0.336 e. The Morgan fingerprint density at radius 1 is 1.53 bits per heavy atom. The highest BCUT2D eigenvalue weighted by Gasteiger charge is 2.20. The molecule has 0 bridgehead atoms. The zero-order valence-corrected chi connectivity index (χ0v) is 9.97. The molecule has 4 heteroatoms. The Hall–Kier alpha value is -0.870. The molecule has 0 aliphatic heterocycles. The molecule has 0 radical (unpaired) electrons. The first-order valence-corrected chi connectivity index (χ1v) is 5.67. The largest absolute Gasteiger partial charge is 0.478 e. The summed E-state index contributed by atoms with van der Waals surface area (Å²) in [7, 11) is 0. The van der Waals surface area contributed by atoms with Gasteiger partial charge in [0.1, 0.15) is 0 Å². The summed E-state index contributed by atoms with van der Waals surface area (Å²) in [5.41, 5.74) is 0.287. The molecule has 84 valence electrons. The van der Waals surface area contributed by atoms with Crippen LogP contribution in [0.5, 0.6) is 0 Å². The van der Waals surface area contributed by atoms with Crippen LogP contribution in [0, 0.1) is 5.41 Å². The smallest absolute Gasteiger partial charge is 0.336 e. The molecule has 1 unspecified atom stereocenters. The highest BCUT2D eigenvalue weighted by Crippen LogP contribution is 2.32. The number of hydrogen-bond acceptors (Lipinski definition) is 3.